The van der Waals surface area contributed by atoms with Crippen molar-refractivity contribution in [2.75, 3.05) is 13.2 Å². The Hall–Kier alpha value is -0.670. The van der Waals surface area contributed by atoms with Crippen LogP contribution < -0.4 is 0 Å². The van der Waals surface area contributed by atoms with Crippen molar-refractivity contribution in [3.8, 4) is 0 Å². The standard InChI is InChI=1S/C20H30O3/c1-13-8-20-9-14(13)4-5-16(20)18(2)6-3-7-19(11-21,12-22)17(18)15(23)10-20/h14,16-17,21-22H,1,3-12H2,2H3. The number of fused-ring (bicyclic) bond motifs is 3. The molecule has 3 heteroatoms. The van der Waals surface area contributed by atoms with Gasteiger partial charge in [0, 0.05) is 17.8 Å². The molecule has 4 aliphatic rings. The summed E-state index contributed by atoms with van der Waals surface area (Å²) in [4.78, 5) is 13.3. The Bertz CT molecular complexity index is 549. The zero-order valence-electron chi connectivity index (χ0n) is 14.3. The van der Waals surface area contributed by atoms with Crippen molar-refractivity contribution in [3.63, 3.8) is 0 Å². The summed E-state index contributed by atoms with van der Waals surface area (Å²) >= 11 is 0. The highest BCUT2D eigenvalue weighted by Gasteiger charge is 2.67. The van der Waals surface area contributed by atoms with Crippen molar-refractivity contribution in [1.29, 1.82) is 0 Å². The van der Waals surface area contributed by atoms with Crippen LogP contribution in [-0.4, -0.2) is 29.2 Å². The summed E-state index contributed by atoms with van der Waals surface area (Å²) in [6.07, 6.45) is 8.09. The number of Topliss-reactive ketones (excluding diaryl/α,β-unsaturated/α-hetero) is 1. The maximum Gasteiger partial charge on any atom is 0.137 e. The zero-order chi connectivity index (χ0) is 16.5. The summed E-state index contributed by atoms with van der Waals surface area (Å²) in [6, 6.07) is 0. The lowest BCUT2D eigenvalue weighted by Gasteiger charge is -2.63. The van der Waals surface area contributed by atoms with E-state index in [0.717, 1.165) is 32.1 Å². The van der Waals surface area contributed by atoms with E-state index < -0.39 is 5.41 Å². The van der Waals surface area contributed by atoms with Crippen LogP contribution in [0.1, 0.15) is 58.3 Å². The molecule has 4 rings (SSSR count). The first-order valence-electron chi connectivity index (χ1n) is 9.33. The topological polar surface area (TPSA) is 57.5 Å². The van der Waals surface area contributed by atoms with Gasteiger partial charge in [-0.25, -0.2) is 0 Å². The fourth-order valence-corrected chi connectivity index (χ4v) is 7.57. The molecule has 0 aromatic heterocycles. The van der Waals surface area contributed by atoms with E-state index in [4.69, 9.17) is 0 Å². The summed E-state index contributed by atoms with van der Waals surface area (Å²) in [5.41, 5.74) is 0.845. The third kappa shape index (κ3) is 1.87. The molecule has 1 spiro atoms. The second-order valence-corrected chi connectivity index (χ2v) is 9.34. The molecule has 0 radical (unpaired) electrons. The van der Waals surface area contributed by atoms with Crippen molar-refractivity contribution < 1.29 is 15.0 Å². The highest BCUT2D eigenvalue weighted by molar-refractivity contribution is 5.85. The highest BCUT2D eigenvalue weighted by Crippen LogP contribution is 2.71. The number of carbonyl (C=O) groups is 1. The molecule has 0 heterocycles. The minimum Gasteiger partial charge on any atom is -0.396 e. The number of ketones is 1. The smallest absolute Gasteiger partial charge is 0.137 e. The molecule has 5 atom stereocenters. The molecule has 0 amide bonds. The Kier molecular flexibility index (Phi) is 3.39. The van der Waals surface area contributed by atoms with Crippen LogP contribution in [0.5, 0.6) is 0 Å². The minimum absolute atomic E-state index is 0.0609. The van der Waals surface area contributed by atoms with Crippen LogP contribution >= 0.6 is 0 Å². The molecule has 0 saturated heterocycles. The quantitative estimate of drug-likeness (QED) is 0.769. The molecule has 0 aliphatic heterocycles. The van der Waals surface area contributed by atoms with Crippen LogP contribution in [0, 0.1) is 34.0 Å². The third-order valence-electron chi connectivity index (χ3n) is 8.29. The van der Waals surface area contributed by atoms with Crippen LogP contribution in [0.4, 0.5) is 0 Å². The molecular formula is C20H30O3. The second kappa shape index (κ2) is 4.92. The van der Waals surface area contributed by atoms with Gasteiger partial charge < -0.3 is 10.2 Å². The SMILES string of the molecule is C=C1CC23CC(=O)C4C(CO)(CO)CCCC4(C)C2CCC1C3. The van der Waals surface area contributed by atoms with E-state index in [0.29, 0.717) is 24.0 Å². The fourth-order valence-electron chi connectivity index (χ4n) is 7.57. The van der Waals surface area contributed by atoms with Crippen molar-refractivity contribution >= 4 is 5.78 Å². The zero-order valence-corrected chi connectivity index (χ0v) is 14.3. The number of hydrogen-bond acceptors (Lipinski definition) is 3. The summed E-state index contributed by atoms with van der Waals surface area (Å²) in [6.45, 7) is 6.47. The van der Waals surface area contributed by atoms with Gasteiger partial charge in [-0.3, -0.25) is 4.79 Å². The molecule has 4 saturated carbocycles. The van der Waals surface area contributed by atoms with E-state index in [2.05, 4.69) is 13.5 Å². The highest BCUT2D eigenvalue weighted by atomic mass is 16.3. The van der Waals surface area contributed by atoms with E-state index >= 15 is 0 Å². The van der Waals surface area contributed by atoms with E-state index in [9.17, 15) is 15.0 Å². The number of allylic oxidation sites excluding steroid dienone is 1. The predicted octanol–water partition coefficient (Wildman–Crippen LogP) is 3.10. The van der Waals surface area contributed by atoms with Gasteiger partial charge in [-0.05, 0) is 61.2 Å². The molecule has 128 valence electrons. The van der Waals surface area contributed by atoms with Gasteiger partial charge in [-0.15, -0.1) is 0 Å². The first-order chi connectivity index (χ1) is 10.9. The van der Waals surface area contributed by atoms with Gasteiger partial charge in [0.25, 0.3) is 0 Å². The average molecular weight is 318 g/mol. The van der Waals surface area contributed by atoms with E-state index in [1.54, 1.807) is 0 Å². The number of hydrogen-bond donors (Lipinski definition) is 2. The molecule has 4 aliphatic carbocycles. The van der Waals surface area contributed by atoms with Crippen LogP contribution in [0.25, 0.3) is 0 Å². The Morgan fingerprint density at radius 2 is 1.91 bits per heavy atom. The van der Waals surface area contributed by atoms with E-state index in [1.807, 2.05) is 0 Å². The monoisotopic (exact) mass is 318 g/mol. The number of carbonyl (C=O) groups excluding carboxylic acids is 1. The van der Waals surface area contributed by atoms with E-state index in [-0.39, 0.29) is 30.0 Å². The van der Waals surface area contributed by atoms with Gasteiger partial charge in [0.1, 0.15) is 5.78 Å². The molecule has 2 N–H and O–H groups in total. The first kappa shape index (κ1) is 15.8. The molecule has 3 nitrogen and oxygen atoms in total. The maximum absolute atomic E-state index is 13.3. The van der Waals surface area contributed by atoms with Crippen molar-refractivity contribution in [2.45, 2.75) is 58.3 Å². The average Bonchev–Trinajstić information content (AvgIpc) is 2.75. The van der Waals surface area contributed by atoms with Gasteiger partial charge in [0.2, 0.25) is 0 Å². The summed E-state index contributed by atoms with van der Waals surface area (Å²) in [5.74, 6) is 1.32. The van der Waals surface area contributed by atoms with Crippen LogP contribution in [0.2, 0.25) is 0 Å². The normalized spacial score (nSPS) is 48.0. The molecule has 0 aromatic carbocycles. The number of rotatable bonds is 2. The van der Waals surface area contributed by atoms with Gasteiger partial charge in [-0.2, -0.15) is 0 Å². The summed E-state index contributed by atoms with van der Waals surface area (Å²) in [7, 11) is 0. The summed E-state index contributed by atoms with van der Waals surface area (Å²) in [5, 5.41) is 20.1. The predicted molar refractivity (Wildman–Crippen MR) is 88.7 cm³/mol. The number of aliphatic hydroxyl groups excluding tert-OH is 2. The maximum atomic E-state index is 13.3. The van der Waals surface area contributed by atoms with Gasteiger partial charge >= 0.3 is 0 Å². The lowest BCUT2D eigenvalue weighted by Crippen LogP contribution is -2.62. The second-order valence-electron chi connectivity index (χ2n) is 9.34. The molecule has 4 fully saturated rings. The van der Waals surface area contributed by atoms with Gasteiger partial charge in [0.15, 0.2) is 0 Å². The molecule has 23 heavy (non-hydrogen) atoms. The third-order valence-corrected chi connectivity index (χ3v) is 8.29. The Labute approximate surface area is 139 Å². The van der Waals surface area contributed by atoms with Gasteiger partial charge in [0.05, 0.1) is 13.2 Å². The Morgan fingerprint density at radius 3 is 2.61 bits per heavy atom. The Morgan fingerprint density at radius 1 is 1.17 bits per heavy atom. The first-order valence-corrected chi connectivity index (χ1v) is 9.33. The molecular weight excluding hydrogens is 288 g/mol. The molecule has 5 unspecified atom stereocenters. The van der Waals surface area contributed by atoms with Crippen molar-refractivity contribution in [1.82, 2.24) is 0 Å². The minimum atomic E-state index is -0.599. The van der Waals surface area contributed by atoms with Crippen molar-refractivity contribution in [2.24, 2.45) is 34.0 Å². The van der Waals surface area contributed by atoms with Crippen molar-refractivity contribution in [3.05, 3.63) is 12.2 Å². The van der Waals surface area contributed by atoms with Crippen LogP contribution in [-0.2, 0) is 4.79 Å². The Balaban J connectivity index is 1.80. The molecule has 0 aromatic rings. The lowest BCUT2D eigenvalue weighted by molar-refractivity contribution is -0.184. The number of aliphatic hydroxyl groups is 2. The summed E-state index contributed by atoms with van der Waals surface area (Å²) < 4.78 is 0. The van der Waals surface area contributed by atoms with Crippen LogP contribution in [0.15, 0.2) is 12.2 Å². The lowest BCUT2D eigenvalue weighted by atomic mass is 9.40. The molecule has 2 bridgehead atoms. The van der Waals surface area contributed by atoms with E-state index in [1.165, 1.54) is 18.4 Å². The fraction of sp³-hybridized carbons (Fsp3) is 0.850. The van der Waals surface area contributed by atoms with Gasteiger partial charge in [-0.1, -0.05) is 25.5 Å². The van der Waals surface area contributed by atoms with Crippen LogP contribution in [0.3, 0.4) is 0 Å². The largest absolute Gasteiger partial charge is 0.396 e.